The van der Waals surface area contributed by atoms with Gasteiger partial charge in [-0.2, -0.15) is 0 Å². The molecule has 4 nitrogen and oxygen atoms in total. The molecule has 1 fully saturated rings. The summed E-state index contributed by atoms with van der Waals surface area (Å²) in [5, 5.41) is 14.1. The highest BCUT2D eigenvalue weighted by molar-refractivity contribution is 7.15. The molecule has 1 unspecified atom stereocenters. The molecule has 1 aromatic heterocycles. The lowest BCUT2D eigenvalue weighted by Gasteiger charge is -2.29. The van der Waals surface area contributed by atoms with Gasteiger partial charge >= 0.3 is 0 Å². The molecule has 1 aliphatic rings. The lowest BCUT2D eigenvalue weighted by Crippen LogP contribution is -2.39. The van der Waals surface area contributed by atoms with Crippen molar-refractivity contribution in [2.45, 2.75) is 39.2 Å². The van der Waals surface area contributed by atoms with E-state index < -0.39 is 0 Å². The van der Waals surface area contributed by atoms with E-state index in [0.29, 0.717) is 12.0 Å². The Balaban J connectivity index is 1.87. The fourth-order valence-electron chi connectivity index (χ4n) is 2.20. The second-order valence-electron chi connectivity index (χ2n) is 5.34. The highest BCUT2D eigenvalue weighted by Gasteiger charge is 2.18. The van der Waals surface area contributed by atoms with Gasteiger partial charge in [0.1, 0.15) is 5.01 Å². The number of aromatic nitrogens is 2. The van der Waals surface area contributed by atoms with E-state index in [4.69, 9.17) is 0 Å². The second kappa shape index (κ2) is 5.78. The highest BCUT2D eigenvalue weighted by Crippen LogP contribution is 2.21. The zero-order chi connectivity index (χ0) is 12.3. The van der Waals surface area contributed by atoms with E-state index in [0.717, 1.165) is 23.1 Å². The van der Waals surface area contributed by atoms with Crippen molar-refractivity contribution in [1.29, 1.82) is 0 Å². The van der Waals surface area contributed by atoms with E-state index in [1.54, 1.807) is 11.3 Å². The molecule has 1 saturated heterocycles. The molecule has 1 aromatic rings. The Morgan fingerprint density at radius 2 is 2.29 bits per heavy atom. The monoisotopic (exact) mass is 254 g/mol. The summed E-state index contributed by atoms with van der Waals surface area (Å²) in [7, 11) is 2.18. The van der Waals surface area contributed by atoms with E-state index in [9.17, 15) is 0 Å². The maximum atomic E-state index is 4.23. The zero-order valence-corrected chi connectivity index (χ0v) is 11.8. The normalized spacial score (nSPS) is 22.0. The molecular formula is C12H22N4S. The molecule has 0 aromatic carbocycles. The summed E-state index contributed by atoms with van der Waals surface area (Å²) in [6, 6.07) is 0.536. The number of nitrogens with zero attached hydrogens (tertiary/aromatic N) is 3. The summed E-state index contributed by atoms with van der Waals surface area (Å²) >= 11 is 1.70. The molecule has 0 radical (unpaired) electrons. The van der Waals surface area contributed by atoms with Crippen LogP contribution in [0.3, 0.4) is 0 Å². The van der Waals surface area contributed by atoms with Crippen LogP contribution >= 0.6 is 11.3 Å². The number of piperidine rings is 1. The first-order valence-corrected chi connectivity index (χ1v) is 7.22. The maximum Gasteiger partial charge on any atom is 0.205 e. The van der Waals surface area contributed by atoms with Crippen LogP contribution in [-0.4, -0.2) is 41.3 Å². The molecule has 0 saturated carbocycles. The van der Waals surface area contributed by atoms with Crippen LogP contribution < -0.4 is 5.32 Å². The number of nitrogens with one attached hydrogen (secondary N) is 1. The Hall–Kier alpha value is -0.680. The van der Waals surface area contributed by atoms with Gasteiger partial charge in [-0.3, -0.25) is 0 Å². The van der Waals surface area contributed by atoms with Gasteiger partial charge in [-0.1, -0.05) is 25.2 Å². The molecule has 0 aliphatic carbocycles. The quantitative estimate of drug-likeness (QED) is 0.894. The number of likely N-dealkylation sites (N-methyl/N-ethyl adjacent to an activating group) is 1. The molecule has 2 rings (SSSR count). The SMILES string of the molecule is CC(C)Cc1nnc(NC2CCCN(C)C2)s1. The number of likely N-dealkylation sites (tertiary alicyclic amines) is 1. The fraction of sp³-hybridized carbons (Fsp3) is 0.833. The summed E-state index contributed by atoms with van der Waals surface area (Å²) in [5.74, 6) is 0.650. The Kier molecular flexibility index (Phi) is 4.34. The van der Waals surface area contributed by atoms with Gasteiger partial charge in [0.05, 0.1) is 0 Å². The number of anilines is 1. The molecule has 1 aliphatic heterocycles. The van der Waals surface area contributed by atoms with E-state index in [2.05, 4.69) is 41.3 Å². The van der Waals surface area contributed by atoms with Crippen molar-refractivity contribution in [3.8, 4) is 0 Å². The van der Waals surface area contributed by atoms with Gasteiger partial charge in [0, 0.05) is 19.0 Å². The minimum atomic E-state index is 0.536. The average Bonchev–Trinajstić information content (AvgIpc) is 2.64. The maximum absolute atomic E-state index is 4.23. The van der Waals surface area contributed by atoms with Crippen LogP contribution in [0.5, 0.6) is 0 Å². The molecule has 17 heavy (non-hydrogen) atoms. The van der Waals surface area contributed by atoms with Crippen LogP contribution in [0.15, 0.2) is 0 Å². The van der Waals surface area contributed by atoms with E-state index in [1.165, 1.54) is 19.4 Å². The van der Waals surface area contributed by atoms with Gasteiger partial charge < -0.3 is 10.2 Å². The lowest BCUT2D eigenvalue weighted by molar-refractivity contribution is 0.261. The van der Waals surface area contributed by atoms with Gasteiger partial charge in [-0.05, 0) is 32.4 Å². The predicted molar refractivity (Wildman–Crippen MR) is 72.6 cm³/mol. The number of hydrogen-bond acceptors (Lipinski definition) is 5. The molecular weight excluding hydrogens is 232 g/mol. The molecule has 5 heteroatoms. The van der Waals surface area contributed by atoms with E-state index in [1.807, 2.05) is 0 Å². The van der Waals surface area contributed by atoms with Gasteiger partial charge in [-0.25, -0.2) is 0 Å². The molecule has 0 amide bonds. The van der Waals surface area contributed by atoms with Crippen LogP contribution in [0.25, 0.3) is 0 Å². The Bertz CT molecular complexity index is 350. The third kappa shape index (κ3) is 3.92. The summed E-state index contributed by atoms with van der Waals surface area (Å²) in [4.78, 5) is 2.37. The van der Waals surface area contributed by atoms with Gasteiger partial charge in [0.2, 0.25) is 5.13 Å². The van der Waals surface area contributed by atoms with Crippen LogP contribution in [0.1, 0.15) is 31.7 Å². The smallest absolute Gasteiger partial charge is 0.205 e. The summed E-state index contributed by atoms with van der Waals surface area (Å²) in [6.07, 6.45) is 3.54. The van der Waals surface area contributed by atoms with Crippen molar-refractivity contribution < 1.29 is 0 Å². The molecule has 0 bridgehead atoms. The highest BCUT2D eigenvalue weighted by atomic mass is 32.1. The van der Waals surface area contributed by atoms with Crippen molar-refractivity contribution >= 4 is 16.5 Å². The second-order valence-corrected chi connectivity index (χ2v) is 6.41. The first kappa shape index (κ1) is 12.8. The molecule has 0 spiro atoms. The summed E-state index contributed by atoms with van der Waals surface area (Å²) < 4.78 is 0. The number of rotatable bonds is 4. The third-order valence-corrected chi connectivity index (χ3v) is 3.88. The van der Waals surface area contributed by atoms with Crippen LogP contribution in [0.2, 0.25) is 0 Å². The average molecular weight is 254 g/mol. The Morgan fingerprint density at radius 3 is 3.00 bits per heavy atom. The van der Waals surface area contributed by atoms with Crippen molar-refractivity contribution in [1.82, 2.24) is 15.1 Å². The van der Waals surface area contributed by atoms with Crippen molar-refractivity contribution in [3.63, 3.8) is 0 Å². The summed E-state index contributed by atoms with van der Waals surface area (Å²) in [6.45, 7) is 6.75. The van der Waals surface area contributed by atoms with Crippen LogP contribution in [0.4, 0.5) is 5.13 Å². The molecule has 96 valence electrons. The largest absolute Gasteiger partial charge is 0.356 e. The summed E-state index contributed by atoms with van der Waals surface area (Å²) in [5.41, 5.74) is 0. The number of hydrogen-bond donors (Lipinski definition) is 1. The molecule has 2 heterocycles. The topological polar surface area (TPSA) is 41.1 Å². The minimum Gasteiger partial charge on any atom is -0.356 e. The minimum absolute atomic E-state index is 0.536. The Labute approximate surface area is 107 Å². The van der Waals surface area contributed by atoms with E-state index in [-0.39, 0.29) is 0 Å². The van der Waals surface area contributed by atoms with Crippen LogP contribution in [-0.2, 0) is 6.42 Å². The van der Waals surface area contributed by atoms with Gasteiger partial charge in [-0.15, -0.1) is 10.2 Å². The van der Waals surface area contributed by atoms with Crippen molar-refractivity contribution in [2.75, 3.05) is 25.5 Å². The van der Waals surface area contributed by atoms with Crippen molar-refractivity contribution in [3.05, 3.63) is 5.01 Å². The molecule has 1 N–H and O–H groups in total. The van der Waals surface area contributed by atoms with Crippen LogP contribution in [0, 0.1) is 5.92 Å². The lowest BCUT2D eigenvalue weighted by atomic mass is 10.1. The Morgan fingerprint density at radius 1 is 1.47 bits per heavy atom. The third-order valence-electron chi connectivity index (χ3n) is 3.00. The zero-order valence-electron chi connectivity index (χ0n) is 10.9. The first-order chi connectivity index (χ1) is 8.13. The first-order valence-electron chi connectivity index (χ1n) is 6.41. The van der Waals surface area contributed by atoms with Gasteiger partial charge in [0.15, 0.2) is 0 Å². The van der Waals surface area contributed by atoms with Gasteiger partial charge in [0.25, 0.3) is 0 Å². The van der Waals surface area contributed by atoms with E-state index >= 15 is 0 Å². The predicted octanol–water partition coefficient (Wildman–Crippen LogP) is 2.24. The fourth-order valence-corrected chi connectivity index (χ4v) is 3.23. The standard InChI is InChI=1S/C12H22N4S/c1-9(2)7-11-14-15-12(17-11)13-10-5-4-6-16(3)8-10/h9-10H,4-8H2,1-3H3,(H,13,15). The molecule has 1 atom stereocenters. The van der Waals surface area contributed by atoms with Crippen molar-refractivity contribution in [2.24, 2.45) is 5.92 Å².